The average molecular weight is 198 g/mol. The van der Waals surface area contributed by atoms with E-state index in [1.54, 1.807) is 0 Å². The summed E-state index contributed by atoms with van der Waals surface area (Å²) in [5, 5.41) is 15.1. The van der Waals surface area contributed by atoms with Crippen LogP contribution in [0.1, 0.15) is 19.3 Å². The molecular weight excluding hydrogens is 180 g/mol. The molecule has 4 heteroatoms. The van der Waals surface area contributed by atoms with E-state index in [0.29, 0.717) is 6.04 Å². The van der Waals surface area contributed by atoms with Crippen LogP contribution in [0.4, 0.5) is 0 Å². The maximum atomic E-state index is 10.4. The van der Waals surface area contributed by atoms with Gasteiger partial charge in [0.25, 0.3) is 0 Å². The third kappa shape index (κ3) is 2.25. The Labute approximate surface area is 84.1 Å². The summed E-state index contributed by atoms with van der Waals surface area (Å²) >= 11 is 0. The predicted molar refractivity (Wildman–Crippen MR) is 53.1 cm³/mol. The highest BCUT2D eigenvalue weighted by atomic mass is 16.4. The average Bonchev–Trinajstić information content (AvgIpc) is 2.61. The van der Waals surface area contributed by atoms with Gasteiger partial charge in [-0.25, -0.2) is 0 Å². The molecule has 1 saturated heterocycles. The van der Waals surface area contributed by atoms with Crippen LogP contribution in [0.5, 0.6) is 0 Å². The fraction of sp³-hybridized carbons (Fsp3) is 0.900. The molecule has 2 rings (SSSR count). The molecule has 2 fully saturated rings. The quantitative estimate of drug-likeness (QED) is 0.599. The van der Waals surface area contributed by atoms with E-state index in [1.807, 2.05) is 0 Å². The number of fused-ring (bicyclic) bond motifs is 1. The van der Waals surface area contributed by atoms with E-state index in [9.17, 15) is 4.79 Å². The molecule has 1 aliphatic carbocycles. The second-order valence-electron chi connectivity index (χ2n) is 4.46. The zero-order valence-corrected chi connectivity index (χ0v) is 8.33. The predicted octanol–water partition coefficient (Wildman–Crippen LogP) is 0.0487. The summed E-state index contributed by atoms with van der Waals surface area (Å²) in [5.74, 6) is 0.865. The Morgan fingerprint density at radius 1 is 1.36 bits per heavy atom. The van der Waals surface area contributed by atoms with Crippen molar-refractivity contribution in [1.29, 1.82) is 0 Å². The van der Waals surface area contributed by atoms with Crippen LogP contribution >= 0.6 is 0 Å². The van der Waals surface area contributed by atoms with Crippen molar-refractivity contribution < 1.29 is 9.90 Å². The van der Waals surface area contributed by atoms with Gasteiger partial charge in [0, 0.05) is 6.04 Å². The molecule has 14 heavy (non-hydrogen) atoms. The monoisotopic (exact) mass is 198 g/mol. The first-order chi connectivity index (χ1) is 6.75. The molecule has 0 aromatic heterocycles. The molecule has 0 spiro atoms. The molecule has 0 amide bonds. The fourth-order valence-electron chi connectivity index (χ4n) is 2.72. The van der Waals surface area contributed by atoms with Gasteiger partial charge in [0.1, 0.15) is 0 Å². The zero-order chi connectivity index (χ0) is 9.97. The molecule has 3 atom stereocenters. The van der Waals surface area contributed by atoms with Gasteiger partial charge >= 0.3 is 5.97 Å². The number of carbonyl (C=O) groups is 1. The lowest BCUT2D eigenvalue weighted by molar-refractivity contribution is -0.136. The molecule has 1 saturated carbocycles. The van der Waals surface area contributed by atoms with Crippen molar-refractivity contribution in [3.8, 4) is 0 Å². The van der Waals surface area contributed by atoms with Crippen molar-refractivity contribution >= 4 is 5.97 Å². The molecule has 1 heterocycles. The molecule has 0 radical (unpaired) electrons. The number of hydrogen-bond acceptors (Lipinski definition) is 3. The van der Waals surface area contributed by atoms with Gasteiger partial charge < -0.3 is 15.7 Å². The maximum Gasteiger partial charge on any atom is 0.317 e. The molecular formula is C10H18N2O2. The molecule has 0 aromatic carbocycles. The van der Waals surface area contributed by atoms with E-state index < -0.39 is 5.97 Å². The van der Waals surface area contributed by atoms with Gasteiger partial charge in [-0.2, -0.15) is 0 Å². The molecule has 0 bridgehead atoms. The van der Waals surface area contributed by atoms with Gasteiger partial charge in [-0.3, -0.25) is 4.79 Å². The van der Waals surface area contributed by atoms with E-state index >= 15 is 0 Å². The Hall–Kier alpha value is -0.610. The van der Waals surface area contributed by atoms with E-state index in [1.165, 1.54) is 6.42 Å². The standard InChI is InChI=1S/C10H18N2O2/c13-10(14)6-12-9-2-1-7-4-11-5-8(7)3-9/h7-9,11-12H,1-6H2,(H,13,14). The Kier molecular flexibility index (Phi) is 3.03. The molecule has 0 aromatic rings. The number of nitrogens with one attached hydrogen (secondary N) is 2. The van der Waals surface area contributed by atoms with Crippen LogP contribution in [0.3, 0.4) is 0 Å². The van der Waals surface area contributed by atoms with Gasteiger partial charge in [-0.15, -0.1) is 0 Å². The van der Waals surface area contributed by atoms with Crippen LogP contribution in [0.15, 0.2) is 0 Å². The van der Waals surface area contributed by atoms with Gasteiger partial charge in [-0.05, 0) is 44.2 Å². The number of rotatable bonds is 3. The first-order valence-corrected chi connectivity index (χ1v) is 5.41. The number of aliphatic carboxylic acids is 1. The van der Waals surface area contributed by atoms with Crippen LogP contribution in [-0.4, -0.2) is 36.8 Å². The summed E-state index contributed by atoms with van der Waals surface area (Å²) in [6, 6.07) is 0.423. The summed E-state index contributed by atoms with van der Waals surface area (Å²) in [7, 11) is 0. The van der Waals surface area contributed by atoms with Crippen molar-refractivity contribution in [2.75, 3.05) is 19.6 Å². The van der Waals surface area contributed by atoms with Crippen molar-refractivity contribution in [1.82, 2.24) is 10.6 Å². The zero-order valence-electron chi connectivity index (χ0n) is 8.33. The number of carboxylic acids is 1. The SMILES string of the molecule is O=C(O)CNC1CCC2CNCC2C1. The Morgan fingerprint density at radius 3 is 2.93 bits per heavy atom. The maximum absolute atomic E-state index is 10.4. The lowest BCUT2D eigenvalue weighted by Gasteiger charge is -2.31. The normalized spacial score (nSPS) is 36.7. The first kappa shape index (κ1) is 9.93. The van der Waals surface area contributed by atoms with Crippen LogP contribution in [-0.2, 0) is 4.79 Å². The van der Waals surface area contributed by atoms with Crippen molar-refractivity contribution in [2.24, 2.45) is 11.8 Å². The second kappa shape index (κ2) is 4.28. The highest BCUT2D eigenvalue weighted by Crippen LogP contribution is 2.32. The van der Waals surface area contributed by atoms with Crippen LogP contribution < -0.4 is 10.6 Å². The van der Waals surface area contributed by atoms with Crippen LogP contribution in [0, 0.1) is 11.8 Å². The second-order valence-corrected chi connectivity index (χ2v) is 4.46. The van der Waals surface area contributed by atoms with Gasteiger partial charge in [0.2, 0.25) is 0 Å². The minimum Gasteiger partial charge on any atom is -0.480 e. The smallest absolute Gasteiger partial charge is 0.317 e. The fourth-order valence-corrected chi connectivity index (χ4v) is 2.72. The molecule has 1 aliphatic heterocycles. The molecule has 80 valence electrons. The summed E-state index contributed by atoms with van der Waals surface area (Å²) in [6.45, 7) is 2.39. The number of hydrogen-bond donors (Lipinski definition) is 3. The van der Waals surface area contributed by atoms with Gasteiger partial charge in [0.05, 0.1) is 6.54 Å². The Morgan fingerprint density at radius 2 is 2.14 bits per heavy atom. The topological polar surface area (TPSA) is 61.4 Å². The largest absolute Gasteiger partial charge is 0.480 e. The molecule has 2 aliphatic rings. The Balaban J connectivity index is 1.77. The van der Waals surface area contributed by atoms with E-state index in [2.05, 4.69) is 10.6 Å². The molecule has 3 unspecified atom stereocenters. The molecule has 4 nitrogen and oxygen atoms in total. The van der Waals surface area contributed by atoms with Gasteiger partial charge in [0.15, 0.2) is 0 Å². The van der Waals surface area contributed by atoms with Crippen molar-refractivity contribution in [2.45, 2.75) is 25.3 Å². The van der Waals surface area contributed by atoms with Crippen LogP contribution in [0.25, 0.3) is 0 Å². The van der Waals surface area contributed by atoms with Crippen molar-refractivity contribution in [3.05, 3.63) is 0 Å². The summed E-state index contributed by atoms with van der Waals surface area (Å²) in [6.07, 6.45) is 3.52. The number of carboxylic acid groups (broad SMARTS) is 1. The first-order valence-electron chi connectivity index (χ1n) is 5.41. The lowest BCUT2D eigenvalue weighted by atomic mass is 9.79. The third-order valence-electron chi connectivity index (χ3n) is 3.49. The molecule has 3 N–H and O–H groups in total. The van der Waals surface area contributed by atoms with Crippen LogP contribution in [0.2, 0.25) is 0 Å². The highest BCUT2D eigenvalue weighted by Gasteiger charge is 2.33. The Bertz CT molecular complexity index is 220. The minimum absolute atomic E-state index is 0.107. The summed E-state index contributed by atoms with van der Waals surface area (Å²) in [4.78, 5) is 10.4. The lowest BCUT2D eigenvalue weighted by Crippen LogP contribution is -2.39. The summed E-state index contributed by atoms with van der Waals surface area (Å²) < 4.78 is 0. The van der Waals surface area contributed by atoms with E-state index in [0.717, 1.165) is 37.8 Å². The highest BCUT2D eigenvalue weighted by molar-refractivity contribution is 5.69. The van der Waals surface area contributed by atoms with E-state index in [-0.39, 0.29) is 6.54 Å². The third-order valence-corrected chi connectivity index (χ3v) is 3.49. The van der Waals surface area contributed by atoms with Gasteiger partial charge in [-0.1, -0.05) is 0 Å². The minimum atomic E-state index is -0.753. The van der Waals surface area contributed by atoms with Crippen molar-refractivity contribution in [3.63, 3.8) is 0 Å². The van der Waals surface area contributed by atoms with E-state index in [4.69, 9.17) is 5.11 Å². The summed E-state index contributed by atoms with van der Waals surface area (Å²) in [5.41, 5.74) is 0.